The van der Waals surface area contributed by atoms with Gasteiger partial charge in [-0.15, -0.1) is 11.6 Å². The Morgan fingerprint density at radius 3 is 2.62 bits per heavy atom. The molecule has 0 unspecified atom stereocenters. The molecule has 2 saturated carbocycles. The Bertz CT molecular complexity index is 532. The summed E-state index contributed by atoms with van der Waals surface area (Å²) in [6, 6.07) is 0. The van der Waals surface area contributed by atoms with E-state index in [9.17, 15) is 20.1 Å². The van der Waals surface area contributed by atoms with Crippen molar-refractivity contribution in [3.8, 4) is 0 Å². The molecule has 0 amide bonds. The largest absolute Gasteiger partial charge is 0.458 e. The van der Waals surface area contributed by atoms with Crippen LogP contribution in [0.25, 0.3) is 0 Å². The fourth-order valence-electron chi connectivity index (χ4n) is 4.09. The second-order valence-electron chi connectivity index (χ2n) is 6.47. The molecule has 6 atom stereocenters. The zero-order chi connectivity index (χ0) is 15.6. The fourth-order valence-corrected chi connectivity index (χ4v) is 4.39. The van der Waals surface area contributed by atoms with Crippen molar-refractivity contribution in [3.05, 3.63) is 24.3 Å². The molecule has 0 aromatic carbocycles. The van der Waals surface area contributed by atoms with Crippen molar-refractivity contribution < 1.29 is 24.9 Å². The van der Waals surface area contributed by atoms with Crippen LogP contribution in [0, 0.1) is 11.8 Å². The number of ether oxygens (including phenoxy) is 1. The predicted octanol–water partition coefficient (Wildman–Crippen LogP) is 0.516. The zero-order valence-corrected chi connectivity index (χ0v) is 12.3. The smallest absolute Gasteiger partial charge is 0.334 e. The first kappa shape index (κ1) is 15.0. The number of aliphatic hydroxyl groups is 3. The van der Waals surface area contributed by atoms with Gasteiger partial charge in [0.2, 0.25) is 0 Å². The molecule has 1 heterocycles. The van der Waals surface area contributed by atoms with Crippen molar-refractivity contribution in [2.45, 2.75) is 42.7 Å². The van der Waals surface area contributed by atoms with Gasteiger partial charge in [-0.3, -0.25) is 0 Å². The van der Waals surface area contributed by atoms with Crippen molar-refractivity contribution >= 4 is 17.6 Å². The van der Waals surface area contributed by atoms with Gasteiger partial charge >= 0.3 is 5.97 Å². The van der Waals surface area contributed by atoms with E-state index in [0.717, 1.165) is 0 Å². The summed E-state index contributed by atoms with van der Waals surface area (Å²) in [5, 5.41) is 32.0. The van der Waals surface area contributed by atoms with Crippen LogP contribution in [0.4, 0.5) is 0 Å². The summed E-state index contributed by atoms with van der Waals surface area (Å²) < 4.78 is 5.27. The summed E-state index contributed by atoms with van der Waals surface area (Å²) in [6.45, 7) is 7.51. The maximum atomic E-state index is 11.7. The van der Waals surface area contributed by atoms with Crippen LogP contribution in [0.1, 0.15) is 19.3 Å². The van der Waals surface area contributed by atoms with Crippen molar-refractivity contribution in [3.63, 3.8) is 0 Å². The van der Waals surface area contributed by atoms with Crippen LogP contribution in [0.15, 0.2) is 24.3 Å². The molecule has 116 valence electrons. The molecule has 0 aromatic heterocycles. The molecule has 3 fully saturated rings. The summed E-state index contributed by atoms with van der Waals surface area (Å²) in [5.41, 5.74) is -2.34. The summed E-state index contributed by atoms with van der Waals surface area (Å²) in [6.07, 6.45) is -0.967. The van der Waals surface area contributed by atoms with Gasteiger partial charge in [0.1, 0.15) is 6.10 Å². The number of halogens is 1. The third kappa shape index (κ3) is 1.91. The third-order valence-corrected chi connectivity index (χ3v) is 5.84. The molecule has 2 aliphatic carbocycles. The third-order valence-electron chi connectivity index (χ3n) is 5.38. The standard InChI is InChI=1S/C15H19ClO5/c1-7-9-4-15(20)8(2)10(17)3-12(15)14(19,6-16)5-11(9)21-13(7)18/h9-12,17,19-20H,1-6H2/t9-,10+,11+,12+,14+,15+/m1/s1. The molecule has 5 nitrogen and oxygen atoms in total. The van der Waals surface area contributed by atoms with E-state index < -0.39 is 41.2 Å². The molecule has 3 rings (SSSR count). The lowest BCUT2D eigenvalue weighted by Gasteiger charge is -2.39. The van der Waals surface area contributed by atoms with Crippen LogP contribution in [0.5, 0.6) is 0 Å². The van der Waals surface area contributed by atoms with Gasteiger partial charge in [0, 0.05) is 23.8 Å². The lowest BCUT2D eigenvalue weighted by molar-refractivity contribution is -0.142. The van der Waals surface area contributed by atoms with Crippen molar-refractivity contribution in [2.24, 2.45) is 11.8 Å². The average Bonchev–Trinajstić information content (AvgIpc) is 2.78. The van der Waals surface area contributed by atoms with E-state index in [1.807, 2.05) is 0 Å². The van der Waals surface area contributed by atoms with Crippen molar-refractivity contribution in [2.75, 3.05) is 5.88 Å². The Morgan fingerprint density at radius 2 is 2.00 bits per heavy atom. The number of carbonyl (C=O) groups excluding carboxylic acids is 1. The van der Waals surface area contributed by atoms with Crippen molar-refractivity contribution in [1.29, 1.82) is 0 Å². The van der Waals surface area contributed by atoms with E-state index in [4.69, 9.17) is 16.3 Å². The molecule has 3 N–H and O–H groups in total. The van der Waals surface area contributed by atoms with Crippen LogP contribution in [-0.2, 0) is 9.53 Å². The molecule has 1 aliphatic heterocycles. The lowest BCUT2D eigenvalue weighted by atomic mass is 9.75. The van der Waals surface area contributed by atoms with E-state index in [-0.39, 0.29) is 30.7 Å². The highest BCUT2D eigenvalue weighted by Crippen LogP contribution is 2.55. The maximum Gasteiger partial charge on any atom is 0.334 e. The molecule has 0 aromatic rings. The van der Waals surface area contributed by atoms with E-state index in [1.165, 1.54) is 0 Å². The highest BCUT2D eigenvalue weighted by atomic mass is 35.5. The molecular formula is C15H19ClO5. The number of esters is 1. The molecule has 0 spiro atoms. The highest BCUT2D eigenvalue weighted by Gasteiger charge is 2.63. The van der Waals surface area contributed by atoms with Crippen LogP contribution < -0.4 is 0 Å². The first-order valence-electron chi connectivity index (χ1n) is 7.01. The fraction of sp³-hybridized carbons (Fsp3) is 0.667. The molecule has 0 radical (unpaired) electrons. The van der Waals surface area contributed by atoms with Gasteiger partial charge in [-0.25, -0.2) is 4.79 Å². The predicted molar refractivity (Wildman–Crippen MR) is 75.6 cm³/mol. The van der Waals surface area contributed by atoms with E-state index in [1.54, 1.807) is 0 Å². The summed E-state index contributed by atoms with van der Waals surface area (Å²) in [4.78, 5) is 11.7. The SMILES string of the molecule is C=C1C(=O)O[C@H]2C[C@](O)(CCl)[C@@H]3C[C@H](O)C(=C)[C@@]3(O)C[C@H]12. The number of aliphatic hydroxyl groups excluding tert-OH is 1. The van der Waals surface area contributed by atoms with Gasteiger partial charge in [-0.1, -0.05) is 13.2 Å². The number of rotatable bonds is 1. The number of hydrogen-bond donors (Lipinski definition) is 3. The molecule has 21 heavy (non-hydrogen) atoms. The van der Waals surface area contributed by atoms with Crippen LogP contribution in [0.3, 0.4) is 0 Å². The lowest BCUT2D eigenvalue weighted by Crippen LogP contribution is -2.50. The Morgan fingerprint density at radius 1 is 1.33 bits per heavy atom. The normalized spacial score (nSPS) is 49.6. The number of alkyl halides is 1. The highest BCUT2D eigenvalue weighted by molar-refractivity contribution is 6.18. The number of fused-ring (bicyclic) bond motifs is 2. The minimum absolute atomic E-state index is 0.118. The Balaban J connectivity index is 2.07. The van der Waals surface area contributed by atoms with E-state index in [2.05, 4.69) is 13.2 Å². The quantitative estimate of drug-likeness (QED) is 0.284. The summed E-state index contributed by atoms with van der Waals surface area (Å²) >= 11 is 5.95. The minimum atomic E-state index is -1.47. The van der Waals surface area contributed by atoms with Crippen molar-refractivity contribution in [1.82, 2.24) is 0 Å². The summed E-state index contributed by atoms with van der Waals surface area (Å²) in [7, 11) is 0. The van der Waals surface area contributed by atoms with E-state index in [0.29, 0.717) is 5.57 Å². The maximum absolute atomic E-state index is 11.7. The molecular weight excluding hydrogens is 296 g/mol. The van der Waals surface area contributed by atoms with Gasteiger partial charge in [-0.05, 0) is 18.4 Å². The Labute approximate surface area is 127 Å². The Hall–Kier alpha value is -0.880. The summed E-state index contributed by atoms with van der Waals surface area (Å²) in [5.74, 6) is -1.66. The Kier molecular flexibility index (Phi) is 3.26. The van der Waals surface area contributed by atoms with Crippen LogP contribution >= 0.6 is 11.6 Å². The zero-order valence-electron chi connectivity index (χ0n) is 11.6. The van der Waals surface area contributed by atoms with Crippen LogP contribution in [0.2, 0.25) is 0 Å². The molecule has 1 saturated heterocycles. The van der Waals surface area contributed by atoms with Gasteiger partial charge in [0.15, 0.2) is 0 Å². The monoisotopic (exact) mass is 314 g/mol. The molecule has 6 heteroatoms. The first-order chi connectivity index (χ1) is 9.73. The van der Waals surface area contributed by atoms with Gasteiger partial charge in [0.25, 0.3) is 0 Å². The number of carbonyl (C=O) groups is 1. The van der Waals surface area contributed by atoms with E-state index >= 15 is 0 Å². The molecule has 3 aliphatic rings. The van der Waals surface area contributed by atoms with Gasteiger partial charge in [0.05, 0.1) is 23.2 Å². The first-order valence-corrected chi connectivity index (χ1v) is 7.54. The van der Waals surface area contributed by atoms with Gasteiger partial charge < -0.3 is 20.1 Å². The van der Waals surface area contributed by atoms with Crippen LogP contribution in [-0.4, -0.2) is 50.6 Å². The second kappa shape index (κ2) is 4.56. The molecule has 0 bridgehead atoms. The topological polar surface area (TPSA) is 87.0 Å². The number of hydrogen-bond acceptors (Lipinski definition) is 5. The average molecular weight is 315 g/mol. The minimum Gasteiger partial charge on any atom is -0.458 e. The van der Waals surface area contributed by atoms with Gasteiger partial charge in [-0.2, -0.15) is 0 Å². The second-order valence-corrected chi connectivity index (χ2v) is 6.74.